The van der Waals surface area contributed by atoms with Gasteiger partial charge in [0.25, 0.3) is 0 Å². The second-order valence-electron chi connectivity index (χ2n) is 6.26. The van der Waals surface area contributed by atoms with E-state index in [0.29, 0.717) is 19.1 Å². The van der Waals surface area contributed by atoms with Crippen LogP contribution in [0.5, 0.6) is 0 Å². The molecule has 0 spiro atoms. The fourth-order valence-corrected chi connectivity index (χ4v) is 2.36. The van der Waals surface area contributed by atoms with Crippen LogP contribution < -0.4 is 5.32 Å². The van der Waals surface area contributed by atoms with Crippen molar-refractivity contribution in [2.45, 2.75) is 38.9 Å². The van der Waals surface area contributed by atoms with Gasteiger partial charge in [0.15, 0.2) is 11.8 Å². The van der Waals surface area contributed by atoms with E-state index in [1.54, 1.807) is 12.1 Å². The van der Waals surface area contributed by atoms with Crippen molar-refractivity contribution in [2.75, 3.05) is 7.05 Å². The van der Waals surface area contributed by atoms with Crippen molar-refractivity contribution < 1.29 is 4.39 Å². The van der Waals surface area contributed by atoms with E-state index in [1.165, 1.54) is 25.0 Å². The number of guanidine groups is 1. The molecule has 1 aromatic heterocycles. The average Bonchev–Trinajstić information content (AvgIpc) is 3.33. The molecule has 25 heavy (non-hydrogen) atoms. The van der Waals surface area contributed by atoms with E-state index in [4.69, 9.17) is 4.99 Å². The first-order chi connectivity index (χ1) is 11.5. The minimum atomic E-state index is -0.218. The number of benzene rings is 1. The van der Waals surface area contributed by atoms with E-state index in [2.05, 4.69) is 20.4 Å². The fraction of sp³-hybridized carbons (Fsp3) is 0.471. The Morgan fingerprint density at radius 2 is 2.00 bits per heavy atom. The van der Waals surface area contributed by atoms with Crippen LogP contribution >= 0.6 is 24.0 Å². The molecule has 1 aliphatic carbocycles. The zero-order chi connectivity index (χ0) is 17.1. The molecule has 0 atom stereocenters. The van der Waals surface area contributed by atoms with Gasteiger partial charge < -0.3 is 14.8 Å². The van der Waals surface area contributed by atoms with E-state index in [1.807, 2.05) is 25.6 Å². The average molecular weight is 458 g/mol. The van der Waals surface area contributed by atoms with Crippen molar-refractivity contribution in [1.82, 2.24) is 25.0 Å². The Morgan fingerprint density at radius 1 is 1.32 bits per heavy atom. The van der Waals surface area contributed by atoms with E-state index in [0.717, 1.165) is 23.2 Å². The SMILES string of the molecule is Cc1nnc(CN=C(NC2CC2)N(C)Cc2ccc(F)cc2)n1C.I. The molecule has 0 aliphatic heterocycles. The minimum absolute atomic E-state index is 0. The number of halogens is 2. The Morgan fingerprint density at radius 3 is 2.56 bits per heavy atom. The summed E-state index contributed by atoms with van der Waals surface area (Å²) in [7, 11) is 3.93. The number of nitrogens with zero attached hydrogens (tertiary/aromatic N) is 5. The third-order valence-electron chi connectivity index (χ3n) is 4.16. The monoisotopic (exact) mass is 458 g/mol. The highest BCUT2D eigenvalue weighted by molar-refractivity contribution is 14.0. The number of aromatic nitrogens is 3. The topological polar surface area (TPSA) is 58.3 Å². The molecule has 0 amide bonds. The largest absolute Gasteiger partial charge is 0.353 e. The van der Waals surface area contributed by atoms with Crippen LogP contribution in [0.25, 0.3) is 0 Å². The minimum Gasteiger partial charge on any atom is -0.353 e. The highest BCUT2D eigenvalue weighted by Crippen LogP contribution is 2.19. The van der Waals surface area contributed by atoms with Gasteiger partial charge in [0.05, 0.1) is 0 Å². The van der Waals surface area contributed by atoms with Crippen LogP contribution in [0, 0.1) is 12.7 Å². The summed E-state index contributed by atoms with van der Waals surface area (Å²) in [4.78, 5) is 6.75. The Labute approximate surface area is 164 Å². The Bertz CT molecular complexity index is 723. The van der Waals surface area contributed by atoms with Crippen LogP contribution in [0.1, 0.15) is 30.1 Å². The third kappa shape index (κ3) is 5.38. The van der Waals surface area contributed by atoms with Gasteiger partial charge in [-0.2, -0.15) is 0 Å². The van der Waals surface area contributed by atoms with Gasteiger partial charge in [-0.3, -0.25) is 0 Å². The van der Waals surface area contributed by atoms with Crippen LogP contribution in [0.15, 0.2) is 29.3 Å². The Kier molecular flexibility index (Phi) is 6.74. The summed E-state index contributed by atoms with van der Waals surface area (Å²) < 4.78 is 15.0. The van der Waals surface area contributed by atoms with Crippen LogP contribution in [-0.4, -0.2) is 38.7 Å². The summed E-state index contributed by atoms with van der Waals surface area (Å²) >= 11 is 0. The summed E-state index contributed by atoms with van der Waals surface area (Å²) in [6.45, 7) is 3.06. The summed E-state index contributed by atoms with van der Waals surface area (Å²) in [5.41, 5.74) is 1.04. The molecule has 0 bridgehead atoms. The molecule has 1 fully saturated rings. The van der Waals surface area contributed by atoms with Crippen LogP contribution in [0.2, 0.25) is 0 Å². The quantitative estimate of drug-likeness (QED) is 0.425. The predicted octanol–water partition coefficient (Wildman–Crippen LogP) is 2.62. The van der Waals surface area contributed by atoms with E-state index < -0.39 is 0 Å². The maximum absolute atomic E-state index is 13.0. The number of nitrogens with one attached hydrogen (secondary N) is 1. The normalized spacial score (nSPS) is 14.2. The summed E-state index contributed by atoms with van der Waals surface area (Å²) in [6, 6.07) is 7.06. The molecular weight excluding hydrogens is 434 g/mol. The van der Waals surface area contributed by atoms with Gasteiger partial charge in [0.1, 0.15) is 18.2 Å². The summed E-state index contributed by atoms with van der Waals surface area (Å²) in [5, 5.41) is 11.7. The first-order valence-electron chi connectivity index (χ1n) is 8.14. The van der Waals surface area contributed by atoms with E-state index in [9.17, 15) is 4.39 Å². The van der Waals surface area contributed by atoms with Gasteiger partial charge >= 0.3 is 0 Å². The molecule has 1 heterocycles. The summed E-state index contributed by atoms with van der Waals surface area (Å²) in [5.74, 6) is 2.32. The maximum atomic E-state index is 13.0. The molecular formula is C17H24FIN6. The van der Waals surface area contributed by atoms with Crippen molar-refractivity contribution in [3.8, 4) is 0 Å². The highest BCUT2D eigenvalue weighted by atomic mass is 127. The molecule has 0 saturated heterocycles. The molecule has 2 aromatic rings. The zero-order valence-corrected chi connectivity index (χ0v) is 17.1. The molecule has 8 heteroatoms. The molecule has 136 valence electrons. The van der Waals surface area contributed by atoms with Crippen molar-refractivity contribution >= 4 is 29.9 Å². The number of hydrogen-bond acceptors (Lipinski definition) is 3. The smallest absolute Gasteiger partial charge is 0.194 e. The number of rotatable bonds is 5. The lowest BCUT2D eigenvalue weighted by Crippen LogP contribution is -2.39. The lowest BCUT2D eigenvalue weighted by Gasteiger charge is -2.22. The van der Waals surface area contributed by atoms with Crippen molar-refractivity contribution in [2.24, 2.45) is 12.0 Å². The molecule has 0 radical (unpaired) electrons. The fourth-order valence-electron chi connectivity index (χ4n) is 2.36. The summed E-state index contributed by atoms with van der Waals surface area (Å²) in [6.07, 6.45) is 2.35. The van der Waals surface area contributed by atoms with Gasteiger partial charge in [0.2, 0.25) is 0 Å². The van der Waals surface area contributed by atoms with Crippen LogP contribution in [0.4, 0.5) is 4.39 Å². The van der Waals surface area contributed by atoms with E-state index >= 15 is 0 Å². The number of hydrogen-bond donors (Lipinski definition) is 1. The standard InChI is InChI=1S/C17H23FN6.HI/c1-12-21-22-16(24(12)3)10-19-17(20-15-8-9-15)23(2)11-13-4-6-14(18)7-5-13;/h4-7,15H,8-11H2,1-3H3,(H,19,20);1H. The number of aliphatic imine (C=N–C) groups is 1. The highest BCUT2D eigenvalue weighted by Gasteiger charge is 2.24. The van der Waals surface area contributed by atoms with Crippen molar-refractivity contribution in [1.29, 1.82) is 0 Å². The molecule has 6 nitrogen and oxygen atoms in total. The zero-order valence-electron chi connectivity index (χ0n) is 14.7. The van der Waals surface area contributed by atoms with Crippen LogP contribution in [0.3, 0.4) is 0 Å². The number of aryl methyl sites for hydroxylation is 1. The van der Waals surface area contributed by atoms with Crippen molar-refractivity contribution in [3.63, 3.8) is 0 Å². The van der Waals surface area contributed by atoms with Gasteiger partial charge in [-0.15, -0.1) is 34.2 Å². The van der Waals surface area contributed by atoms with E-state index in [-0.39, 0.29) is 29.8 Å². The Hall–Kier alpha value is -1.71. The molecule has 1 aliphatic rings. The molecule has 0 unspecified atom stereocenters. The van der Waals surface area contributed by atoms with Gasteiger partial charge in [-0.1, -0.05) is 12.1 Å². The Balaban J connectivity index is 0.00000225. The van der Waals surface area contributed by atoms with Gasteiger partial charge in [0, 0.05) is 26.7 Å². The molecule has 1 N–H and O–H groups in total. The lowest BCUT2D eigenvalue weighted by molar-refractivity contribution is 0.472. The molecule has 3 rings (SSSR count). The van der Waals surface area contributed by atoms with Crippen LogP contribution in [-0.2, 0) is 20.1 Å². The second-order valence-corrected chi connectivity index (χ2v) is 6.26. The first kappa shape index (κ1) is 19.6. The van der Waals surface area contributed by atoms with Crippen molar-refractivity contribution in [3.05, 3.63) is 47.3 Å². The lowest BCUT2D eigenvalue weighted by atomic mass is 10.2. The molecule has 1 saturated carbocycles. The van der Waals surface area contributed by atoms with Gasteiger partial charge in [-0.05, 0) is 37.5 Å². The molecule has 1 aromatic carbocycles. The van der Waals surface area contributed by atoms with Gasteiger partial charge in [-0.25, -0.2) is 9.38 Å². The maximum Gasteiger partial charge on any atom is 0.194 e. The predicted molar refractivity (Wildman–Crippen MR) is 106 cm³/mol. The third-order valence-corrected chi connectivity index (χ3v) is 4.16. The second kappa shape index (κ2) is 8.59. The first-order valence-corrected chi connectivity index (χ1v) is 8.14.